The van der Waals surface area contributed by atoms with Crippen molar-refractivity contribution in [2.75, 3.05) is 13.1 Å². The Kier molecular flexibility index (Phi) is 3.84. The number of likely N-dealkylation sites (tertiary alicyclic amines) is 1. The summed E-state index contributed by atoms with van der Waals surface area (Å²) in [4.78, 5) is 13.0. The van der Waals surface area contributed by atoms with Gasteiger partial charge in [0.15, 0.2) is 0 Å². The zero-order valence-electron chi connectivity index (χ0n) is 9.54. The first-order chi connectivity index (χ1) is 7.37. The monoisotopic (exact) mass is 230 g/mol. The molecule has 90 valence electrons. The van der Waals surface area contributed by atoms with Crippen molar-refractivity contribution in [3.8, 4) is 6.07 Å². The maximum Gasteiger partial charge on any atom is 0.265 e. The van der Waals surface area contributed by atoms with Crippen LogP contribution < -0.4 is 0 Å². The van der Waals surface area contributed by atoms with E-state index in [1.807, 2.05) is 6.07 Å². The number of hydrogen-bond donors (Lipinski definition) is 0. The van der Waals surface area contributed by atoms with Crippen molar-refractivity contribution in [1.29, 1.82) is 5.26 Å². The Bertz CT molecular complexity index is 310. The molecule has 0 bridgehead atoms. The number of nitrogens with zero attached hydrogens (tertiary/aromatic N) is 2. The molecule has 1 amide bonds. The van der Waals surface area contributed by atoms with E-state index >= 15 is 0 Å². The highest BCUT2D eigenvalue weighted by atomic mass is 19.3. The highest BCUT2D eigenvalue weighted by Gasteiger charge is 2.39. The van der Waals surface area contributed by atoms with Gasteiger partial charge in [-0.25, -0.2) is 8.78 Å². The summed E-state index contributed by atoms with van der Waals surface area (Å²) in [5, 5.41) is 8.84. The van der Waals surface area contributed by atoms with E-state index < -0.39 is 24.3 Å². The first-order valence-corrected chi connectivity index (χ1v) is 5.43. The number of alkyl halides is 2. The van der Waals surface area contributed by atoms with Crippen molar-refractivity contribution in [2.45, 2.75) is 32.6 Å². The minimum atomic E-state index is -2.80. The first-order valence-electron chi connectivity index (χ1n) is 5.43. The fourth-order valence-corrected chi connectivity index (χ4v) is 1.84. The van der Waals surface area contributed by atoms with E-state index in [2.05, 4.69) is 0 Å². The van der Waals surface area contributed by atoms with Gasteiger partial charge in [0.05, 0.1) is 12.6 Å². The second kappa shape index (κ2) is 4.77. The van der Waals surface area contributed by atoms with Crippen LogP contribution in [0.3, 0.4) is 0 Å². The summed E-state index contributed by atoms with van der Waals surface area (Å²) in [6.07, 6.45) is 0.130. The molecule has 3 nitrogen and oxygen atoms in total. The molecular weight excluding hydrogens is 214 g/mol. The van der Waals surface area contributed by atoms with Crippen LogP contribution in [0.5, 0.6) is 0 Å². The van der Waals surface area contributed by atoms with Gasteiger partial charge in [0, 0.05) is 13.0 Å². The summed E-state index contributed by atoms with van der Waals surface area (Å²) in [7, 11) is 0. The van der Waals surface area contributed by atoms with E-state index in [-0.39, 0.29) is 12.3 Å². The molecule has 16 heavy (non-hydrogen) atoms. The fraction of sp³-hybridized carbons (Fsp3) is 0.818. The molecule has 1 aliphatic rings. The molecule has 0 aromatic heterocycles. The maximum atomic E-state index is 13.1. The van der Waals surface area contributed by atoms with Crippen molar-refractivity contribution in [3.05, 3.63) is 0 Å². The van der Waals surface area contributed by atoms with Crippen LogP contribution in [0.15, 0.2) is 0 Å². The summed E-state index contributed by atoms with van der Waals surface area (Å²) in [6.45, 7) is 3.28. The minimum Gasteiger partial charge on any atom is -0.336 e. The Morgan fingerprint density at radius 1 is 1.50 bits per heavy atom. The fourth-order valence-electron chi connectivity index (χ4n) is 1.84. The van der Waals surface area contributed by atoms with Crippen molar-refractivity contribution in [1.82, 2.24) is 4.90 Å². The maximum absolute atomic E-state index is 13.1. The number of carbonyl (C=O) groups is 1. The molecule has 0 saturated carbocycles. The van der Waals surface area contributed by atoms with Gasteiger partial charge in [-0.05, 0) is 12.3 Å². The van der Waals surface area contributed by atoms with Gasteiger partial charge in [-0.3, -0.25) is 4.79 Å². The van der Waals surface area contributed by atoms with Crippen LogP contribution in [0, 0.1) is 23.2 Å². The zero-order chi connectivity index (χ0) is 12.3. The van der Waals surface area contributed by atoms with Gasteiger partial charge < -0.3 is 4.90 Å². The minimum absolute atomic E-state index is 0.145. The van der Waals surface area contributed by atoms with Crippen LogP contribution in [0.25, 0.3) is 0 Å². The third kappa shape index (κ3) is 2.91. The summed E-state index contributed by atoms with van der Waals surface area (Å²) in [6, 6.07) is 1.89. The van der Waals surface area contributed by atoms with E-state index in [0.717, 1.165) is 4.90 Å². The number of rotatable bonds is 2. The van der Waals surface area contributed by atoms with E-state index in [0.29, 0.717) is 13.0 Å². The van der Waals surface area contributed by atoms with Gasteiger partial charge in [-0.15, -0.1) is 0 Å². The van der Waals surface area contributed by atoms with Crippen molar-refractivity contribution >= 4 is 5.91 Å². The number of halogens is 2. The summed E-state index contributed by atoms with van der Waals surface area (Å²) >= 11 is 0. The molecule has 0 N–H and O–H groups in total. The van der Waals surface area contributed by atoms with Gasteiger partial charge in [0.1, 0.15) is 5.92 Å². The quantitative estimate of drug-likeness (QED) is 0.728. The molecule has 1 atom stereocenters. The molecule has 1 fully saturated rings. The van der Waals surface area contributed by atoms with E-state index in [1.54, 1.807) is 13.8 Å². The highest BCUT2D eigenvalue weighted by molar-refractivity contribution is 5.81. The van der Waals surface area contributed by atoms with E-state index in [4.69, 9.17) is 5.26 Å². The normalized spacial score (nSPS) is 21.6. The molecular formula is C11H16F2N2O. The summed E-state index contributed by atoms with van der Waals surface area (Å²) in [5.41, 5.74) is 0. The predicted molar refractivity (Wildman–Crippen MR) is 54.7 cm³/mol. The molecule has 1 rings (SSSR count). The van der Waals surface area contributed by atoms with Crippen LogP contribution >= 0.6 is 0 Å². The molecule has 0 radical (unpaired) electrons. The molecule has 0 aromatic carbocycles. The van der Waals surface area contributed by atoms with E-state index in [9.17, 15) is 13.6 Å². The first kappa shape index (κ1) is 12.9. The third-order valence-electron chi connectivity index (χ3n) is 2.78. The second-order valence-electron chi connectivity index (χ2n) is 4.57. The Balaban J connectivity index is 2.71. The summed E-state index contributed by atoms with van der Waals surface area (Å²) < 4.78 is 26.2. The molecule has 1 aliphatic heterocycles. The number of piperidine rings is 1. The third-order valence-corrected chi connectivity index (χ3v) is 2.78. The Hall–Kier alpha value is -1.18. The van der Waals surface area contributed by atoms with Gasteiger partial charge in [-0.2, -0.15) is 5.26 Å². The van der Waals surface area contributed by atoms with Gasteiger partial charge in [0.2, 0.25) is 5.91 Å². The summed E-state index contributed by atoms with van der Waals surface area (Å²) in [5.74, 6) is -4.22. The number of nitriles is 1. The Morgan fingerprint density at radius 2 is 2.12 bits per heavy atom. The molecule has 5 heteroatoms. The molecule has 0 aliphatic carbocycles. The average Bonchev–Trinajstić information content (AvgIpc) is 2.16. The standard InChI is InChI=1S/C11H16F2N2O/c1-8(2)9(6-14)10(16)15-5-3-4-11(12,13)7-15/h8-9H,3-5,7H2,1-2H3. The van der Waals surface area contributed by atoms with Crippen LogP contribution in [0.2, 0.25) is 0 Å². The Labute approximate surface area is 94.0 Å². The molecule has 1 saturated heterocycles. The van der Waals surface area contributed by atoms with Crippen molar-refractivity contribution < 1.29 is 13.6 Å². The van der Waals surface area contributed by atoms with Gasteiger partial charge >= 0.3 is 0 Å². The molecule has 0 aromatic rings. The topological polar surface area (TPSA) is 44.1 Å². The smallest absolute Gasteiger partial charge is 0.265 e. The molecule has 1 unspecified atom stereocenters. The average molecular weight is 230 g/mol. The second-order valence-corrected chi connectivity index (χ2v) is 4.57. The van der Waals surface area contributed by atoms with Gasteiger partial charge in [-0.1, -0.05) is 13.8 Å². The Morgan fingerprint density at radius 3 is 2.56 bits per heavy atom. The lowest BCUT2D eigenvalue weighted by molar-refractivity contribution is -0.145. The van der Waals surface area contributed by atoms with Crippen molar-refractivity contribution in [2.24, 2.45) is 11.8 Å². The lowest BCUT2D eigenvalue weighted by Gasteiger charge is -2.34. The van der Waals surface area contributed by atoms with Crippen molar-refractivity contribution in [3.63, 3.8) is 0 Å². The van der Waals surface area contributed by atoms with Gasteiger partial charge in [0.25, 0.3) is 5.92 Å². The predicted octanol–water partition coefficient (Wildman–Crippen LogP) is 2.04. The number of amides is 1. The molecule has 1 heterocycles. The SMILES string of the molecule is CC(C)C(C#N)C(=O)N1CCCC(F)(F)C1. The van der Waals surface area contributed by atoms with Crippen LogP contribution in [-0.4, -0.2) is 29.8 Å². The van der Waals surface area contributed by atoms with Crippen LogP contribution in [0.4, 0.5) is 8.78 Å². The number of hydrogen-bond acceptors (Lipinski definition) is 2. The lowest BCUT2D eigenvalue weighted by atomic mass is 9.94. The molecule has 0 spiro atoms. The number of carbonyl (C=O) groups excluding carboxylic acids is 1. The van der Waals surface area contributed by atoms with Crippen LogP contribution in [-0.2, 0) is 4.79 Å². The zero-order valence-corrected chi connectivity index (χ0v) is 9.54. The highest BCUT2D eigenvalue weighted by Crippen LogP contribution is 2.28. The van der Waals surface area contributed by atoms with Crippen LogP contribution in [0.1, 0.15) is 26.7 Å². The lowest BCUT2D eigenvalue weighted by Crippen LogP contribution is -2.48. The van der Waals surface area contributed by atoms with E-state index in [1.165, 1.54) is 0 Å². The largest absolute Gasteiger partial charge is 0.336 e.